The van der Waals surface area contributed by atoms with Crippen molar-refractivity contribution in [2.24, 2.45) is 7.05 Å². The van der Waals surface area contributed by atoms with Gasteiger partial charge in [-0.05, 0) is 31.0 Å². The molecule has 1 aromatic heterocycles. The Morgan fingerprint density at radius 1 is 1.41 bits per heavy atom. The zero-order valence-corrected chi connectivity index (χ0v) is 13.7. The highest BCUT2D eigenvalue weighted by Crippen LogP contribution is 2.44. The number of carbonyl (C=O) groups excluding carboxylic acids is 2. The van der Waals surface area contributed by atoms with Gasteiger partial charge in [0, 0.05) is 30.0 Å². The lowest BCUT2D eigenvalue weighted by Gasteiger charge is -2.35. The van der Waals surface area contributed by atoms with Crippen molar-refractivity contribution >= 4 is 38.6 Å². The van der Waals surface area contributed by atoms with Crippen molar-refractivity contribution in [3.63, 3.8) is 0 Å². The predicted octanol–water partition coefficient (Wildman–Crippen LogP) is 1.44. The summed E-state index contributed by atoms with van der Waals surface area (Å²) < 4.78 is 2.54. The van der Waals surface area contributed by atoms with Gasteiger partial charge < -0.3 is 10.2 Å². The lowest BCUT2D eigenvalue weighted by molar-refractivity contribution is -0.129. The Kier molecular flexibility index (Phi) is 2.84. The summed E-state index contributed by atoms with van der Waals surface area (Å²) in [4.78, 5) is 26.9. The summed E-state index contributed by atoms with van der Waals surface area (Å²) in [5, 5.41) is 8.10. The number of nitrogens with zero attached hydrogens (tertiary/aromatic N) is 3. The van der Waals surface area contributed by atoms with Crippen molar-refractivity contribution < 1.29 is 9.59 Å². The van der Waals surface area contributed by atoms with Crippen LogP contribution in [-0.2, 0) is 11.8 Å². The monoisotopic (exact) mass is 362 g/mol. The van der Waals surface area contributed by atoms with E-state index in [9.17, 15) is 9.59 Å². The minimum atomic E-state index is -0.624. The average molecular weight is 363 g/mol. The Balaban J connectivity index is 1.80. The fraction of sp³-hybridized carbons (Fsp3) is 0.400. The molecule has 22 heavy (non-hydrogen) atoms. The molecule has 1 saturated carbocycles. The molecule has 0 atom stereocenters. The molecule has 1 aliphatic carbocycles. The first-order chi connectivity index (χ1) is 10.5. The highest BCUT2D eigenvalue weighted by atomic mass is 79.9. The molecule has 1 saturated heterocycles. The van der Waals surface area contributed by atoms with Crippen molar-refractivity contribution in [3.8, 4) is 0 Å². The van der Waals surface area contributed by atoms with Crippen molar-refractivity contribution in [1.29, 1.82) is 0 Å². The van der Waals surface area contributed by atoms with E-state index in [0.29, 0.717) is 18.8 Å². The van der Waals surface area contributed by atoms with Crippen LogP contribution in [0.2, 0.25) is 0 Å². The molecule has 0 radical (unpaired) electrons. The van der Waals surface area contributed by atoms with E-state index in [4.69, 9.17) is 0 Å². The van der Waals surface area contributed by atoms with Crippen LogP contribution in [0.25, 0.3) is 10.9 Å². The number of hydrogen-bond donors (Lipinski definition) is 1. The van der Waals surface area contributed by atoms with Crippen molar-refractivity contribution in [1.82, 2.24) is 20.0 Å². The van der Waals surface area contributed by atoms with E-state index < -0.39 is 5.54 Å². The topological polar surface area (TPSA) is 67.2 Å². The normalized spacial score (nSPS) is 19.5. The van der Waals surface area contributed by atoms with Gasteiger partial charge in [-0.3, -0.25) is 14.3 Å². The smallest absolute Gasteiger partial charge is 0.273 e. The van der Waals surface area contributed by atoms with E-state index in [0.717, 1.165) is 28.2 Å². The zero-order valence-electron chi connectivity index (χ0n) is 12.1. The highest BCUT2D eigenvalue weighted by Gasteiger charge is 2.58. The largest absolute Gasteiger partial charge is 0.352 e. The number of amides is 2. The first kappa shape index (κ1) is 13.8. The van der Waals surface area contributed by atoms with Crippen LogP contribution in [-0.4, -0.2) is 45.1 Å². The maximum atomic E-state index is 13.1. The number of aryl methyl sites for hydroxylation is 1. The van der Waals surface area contributed by atoms with Crippen molar-refractivity contribution in [2.45, 2.75) is 18.4 Å². The Hall–Kier alpha value is -1.89. The number of piperazine rings is 1. The van der Waals surface area contributed by atoms with Gasteiger partial charge in [-0.15, -0.1) is 0 Å². The first-order valence-corrected chi connectivity index (χ1v) is 8.05. The molecule has 114 valence electrons. The quantitative estimate of drug-likeness (QED) is 0.834. The van der Waals surface area contributed by atoms with E-state index in [1.54, 1.807) is 16.6 Å². The molecule has 0 unspecified atom stereocenters. The summed E-state index contributed by atoms with van der Waals surface area (Å²) in [5.41, 5.74) is 0.691. The van der Waals surface area contributed by atoms with E-state index in [2.05, 4.69) is 26.3 Å². The number of benzene rings is 1. The standard InChI is InChI=1S/C15H15BrN4O2/c1-19-12(10-3-2-9(16)8-11(10)18-19)13(21)20-7-6-17-14(22)15(20)4-5-15/h2-3,8H,4-7H2,1H3,(H,17,22). The second-order valence-electron chi connectivity index (χ2n) is 5.88. The Morgan fingerprint density at radius 2 is 2.18 bits per heavy atom. The van der Waals surface area contributed by atoms with Crippen LogP contribution in [0.15, 0.2) is 22.7 Å². The second kappa shape index (κ2) is 4.55. The Bertz CT molecular complexity index is 809. The minimum absolute atomic E-state index is 0.0266. The summed E-state index contributed by atoms with van der Waals surface area (Å²) >= 11 is 3.42. The fourth-order valence-electron chi connectivity index (χ4n) is 3.25. The van der Waals surface area contributed by atoms with Crippen LogP contribution in [0.5, 0.6) is 0 Å². The van der Waals surface area contributed by atoms with E-state index in [1.165, 1.54) is 0 Å². The molecule has 1 N–H and O–H groups in total. The van der Waals surface area contributed by atoms with Crippen molar-refractivity contribution in [3.05, 3.63) is 28.4 Å². The maximum Gasteiger partial charge on any atom is 0.273 e. The van der Waals surface area contributed by atoms with E-state index >= 15 is 0 Å². The number of fused-ring (bicyclic) bond motifs is 1. The molecule has 6 nitrogen and oxygen atoms in total. The molecule has 1 spiro atoms. The van der Waals surface area contributed by atoms with Gasteiger partial charge in [0.1, 0.15) is 11.2 Å². The number of rotatable bonds is 1. The average Bonchev–Trinajstić information content (AvgIpc) is 3.19. The third-order valence-electron chi connectivity index (χ3n) is 4.53. The van der Waals surface area contributed by atoms with Gasteiger partial charge in [-0.2, -0.15) is 5.10 Å². The minimum Gasteiger partial charge on any atom is -0.352 e. The summed E-state index contributed by atoms with van der Waals surface area (Å²) in [7, 11) is 1.77. The van der Waals surface area contributed by atoms with Crippen LogP contribution in [0.3, 0.4) is 0 Å². The van der Waals surface area contributed by atoms with Crippen LogP contribution in [0.1, 0.15) is 23.3 Å². The van der Waals surface area contributed by atoms with Gasteiger partial charge in [0.05, 0.1) is 5.52 Å². The third kappa shape index (κ3) is 1.81. The molecule has 2 fully saturated rings. The highest BCUT2D eigenvalue weighted by molar-refractivity contribution is 9.10. The number of halogens is 1. The van der Waals surface area contributed by atoms with Gasteiger partial charge in [0.15, 0.2) is 0 Å². The summed E-state index contributed by atoms with van der Waals surface area (Å²) in [6.07, 6.45) is 1.48. The summed E-state index contributed by atoms with van der Waals surface area (Å²) in [6, 6.07) is 5.68. The van der Waals surface area contributed by atoms with Crippen LogP contribution < -0.4 is 5.32 Å². The number of aromatic nitrogens is 2. The molecule has 2 amide bonds. The van der Waals surface area contributed by atoms with Gasteiger partial charge in [0.25, 0.3) is 5.91 Å². The van der Waals surface area contributed by atoms with E-state index in [1.807, 2.05) is 18.2 Å². The molecule has 0 bridgehead atoms. The molecule has 2 heterocycles. The van der Waals surface area contributed by atoms with E-state index in [-0.39, 0.29) is 11.8 Å². The van der Waals surface area contributed by atoms with Crippen LogP contribution in [0.4, 0.5) is 0 Å². The summed E-state index contributed by atoms with van der Waals surface area (Å²) in [6.45, 7) is 1.06. The molecule has 7 heteroatoms. The van der Waals surface area contributed by atoms with Gasteiger partial charge >= 0.3 is 0 Å². The molecule has 1 aromatic carbocycles. The van der Waals surface area contributed by atoms with Crippen molar-refractivity contribution in [2.75, 3.05) is 13.1 Å². The zero-order chi connectivity index (χ0) is 15.5. The van der Waals surface area contributed by atoms with Gasteiger partial charge in [-0.25, -0.2) is 0 Å². The molecule has 1 aliphatic heterocycles. The lowest BCUT2D eigenvalue weighted by atomic mass is 10.1. The predicted molar refractivity (Wildman–Crippen MR) is 84.4 cm³/mol. The van der Waals surface area contributed by atoms with Crippen LogP contribution in [0, 0.1) is 0 Å². The number of hydrogen-bond acceptors (Lipinski definition) is 3. The van der Waals surface area contributed by atoms with Gasteiger partial charge in [-0.1, -0.05) is 15.9 Å². The lowest BCUT2D eigenvalue weighted by Crippen LogP contribution is -2.59. The fourth-order valence-corrected chi connectivity index (χ4v) is 3.60. The van der Waals surface area contributed by atoms with Crippen LogP contribution >= 0.6 is 15.9 Å². The molecule has 2 aliphatic rings. The second-order valence-corrected chi connectivity index (χ2v) is 6.79. The number of nitrogens with one attached hydrogen (secondary N) is 1. The SMILES string of the molecule is Cn1nc2cc(Br)ccc2c1C(=O)N1CCNC(=O)C12CC2. The first-order valence-electron chi connectivity index (χ1n) is 7.25. The Morgan fingerprint density at radius 3 is 2.91 bits per heavy atom. The maximum absolute atomic E-state index is 13.1. The summed E-state index contributed by atoms with van der Waals surface area (Å²) in [5.74, 6) is -0.138. The number of carbonyl (C=O) groups is 2. The molecule has 4 rings (SSSR count). The van der Waals surface area contributed by atoms with Gasteiger partial charge in [0.2, 0.25) is 5.91 Å². The third-order valence-corrected chi connectivity index (χ3v) is 5.02. The molecular weight excluding hydrogens is 348 g/mol. The molecular formula is C15H15BrN4O2. The molecule has 2 aromatic rings. The Labute approximate surface area is 135 Å².